The number of amides is 1. The SMILES string of the molecule is CCOC(=O)N1CCN(c2nc3ccc(F)cc3o2)CC1. The molecule has 0 N–H and O–H groups in total. The molecule has 3 rings (SSSR count). The highest BCUT2D eigenvalue weighted by Crippen LogP contribution is 2.23. The van der Waals surface area contributed by atoms with Gasteiger partial charge < -0.3 is 19.0 Å². The number of nitrogens with zero attached hydrogens (tertiary/aromatic N) is 3. The topological polar surface area (TPSA) is 58.8 Å². The smallest absolute Gasteiger partial charge is 0.409 e. The van der Waals surface area contributed by atoms with E-state index in [4.69, 9.17) is 9.15 Å². The second kappa shape index (κ2) is 5.59. The molecule has 6 nitrogen and oxygen atoms in total. The number of anilines is 1. The van der Waals surface area contributed by atoms with Crippen molar-refractivity contribution < 1.29 is 18.3 Å². The molecule has 0 saturated carbocycles. The molecular formula is C14H16FN3O3. The molecule has 1 aliphatic heterocycles. The summed E-state index contributed by atoms with van der Waals surface area (Å²) in [5.41, 5.74) is 1.05. The van der Waals surface area contributed by atoms with Crippen LogP contribution in [0.25, 0.3) is 11.1 Å². The van der Waals surface area contributed by atoms with Gasteiger partial charge in [-0.1, -0.05) is 0 Å². The number of fused-ring (bicyclic) bond motifs is 1. The van der Waals surface area contributed by atoms with Crippen molar-refractivity contribution in [3.8, 4) is 0 Å². The van der Waals surface area contributed by atoms with Crippen LogP contribution in [0.5, 0.6) is 0 Å². The van der Waals surface area contributed by atoms with E-state index in [2.05, 4.69) is 4.98 Å². The average Bonchev–Trinajstić information content (AvgIpc) is 2.90. The van der Waals surface area contributed by atoms with E-state index in [0.717, 1.165) is 0 Å². The molecule has 1 aromatic heterocycles. The zero-order chi connectivity index (χ0) is 14.8. The van der Waals surface area contributed by atoms with Gasteiger partial charge in [-0.25, -0.2) is 9.18 Å². The summed E-state index contributed by atoms with van der Waals surface area (Å²) in [6, 6.07) is 4.72. The van der Waals surface area contributed by atoms with Gasteiger partial charge in [0.25, 0.3) is 6.01 Å². The van der Waals surface area contributed by atoms with E-state index in [1.165, 1.54) is 12.1 Å². The second-order valence-electron chi connectivity index (χ2n) is 4.78. The Kier molecular flexibility index (Phi) is 3.64. The lowest BCUT2D eigenvalue weighted by atomic mass is 10.3. The van der Waals surface area contributed by atoms with Gasteiger partial charge in [-0.2, -0.15) is 4.98 Å². The highest BCUT2D eigenvalue weighted by molar-refractivity contribution is 5.74. The van der Waals surface area contributed by atoms with Crippen molar-refractivity contribution in [3.63, 3.8) is 0 Å². The first-order valence-corrected chi connectivity index (χ1v) is 6.90. The lowest BCUT2D eigenvalue weighted by molar-refractivity contribution is 0.104. The highest BCUT2D eigenvalue weighted by atomic mass is 19.1. The number of piperazine rings is 1. The number of aromatic nitrogens is 1. The molecule has 0 radical (unpaired) electrons. The van der Waals surface area contributed by atoms with Gasteiger partial charge in [-0.05, 0) is 19.1 Å². The largest absolute Gasteiger partial charge is 0.450 e. The van der Waals surface area contributed by atoms with Crippen LogP contribution in [0.1, 0.15) is 6.92 Å². The summed E-state index contributed by atoms with van der Waals surface area (Å²) in [6.07, 6.45) is -0.295. The van der Waals surface area contributed by atoms with E-state index in [-0.39, 0.29) is 11.9 Å². The van der Waals surface area contributed by atoms with Crippen LogP contribution in [0.3, 0.4) is 0 Å². The van der Waals surface area contributed by atoms with E-state index in [0.29, 0.717) is 49.9 Å². The number of hydrogen-bond donors (Lipinski definition) is 0. The van der Waals surface area contributed by atoms with Crippen LogP contribution in [-0.4, -0.2) is 48.8 Å². The van der Waals surface area contributed by atoms with Gasteiger partial charge in [-0.3, -0.25) is 0 Å². The summed E-state index contributed by atoms with van der Waals surface area (Å²) in [5.74, 6) is -0.350. The first-order chi connectivity index (χ1) is 10.2. The normalized spacial score (nSPS) is 15.5. The van der Waals surface area contributed by atoms with Gasteiger partial charge in [0.1, 0.15) is 11.3 Å². The van der Waals surface area contributed by atoms with Crippen LogP contribution >= 0.6 is 0 Å². The fourth-order valence-corrected chi connectivity index (χ4v) is 2.32. The third-order valence-electron chi connectivity index (χ3n) is 3.42. The predicted octanol–water partition coefficient (Wildman–Crippen LogP) is 2.25. The third kappa shape index (κ3) is 2.76. The lowest BCUT2D eigenvalue weighted by Gasteiger charge is -2.32. The van der Waals surface area contributed by atoms with Crippen molar-refractivity contribution in [2.24, 2.45) is 0 Å². The summed E-state index contributed by atoms with van der Waals surface area (Å²) >= 11 is 0. The number of carbonyl (C=O) groups excluding carboxylic acids is 1. The minimum Gasteiger partial charge on any atom is -0.450 e. The van der Waals surface area contributed by atoms with Gasteiger partial charge in [-0.15, -0.1) is 0 Å². The molecule has 0 bridgehead atoms. The lowest BCUT2D eigenvalue weighted by Crippen LogP contribution is -2.49. The average molecular weight is 293 g/mol. The first-order valence-electron chi connectivity index (χ1n) is 6.90. The van der Waals surface area contributed by atoms with Gasteiger partial charge in [0.2, 0.25) is 0 Å². The summed E-state index contributed by atoms with van der Waals surface area (Å²) in [4.78, 5) is 19.6. The van der Waals surface area contributed by atoms with Crippen molar-refractivity contribution >= 4 is 23.2 Å². The van der Waals surface area contributed by atoms with Gasteiger partial charge >= 0.3 is 6.09 Å². The summed E-state index contributed by atoms with van der Waals surface area (Å²) in [7, 11) is 0. The highest BCUT2D eigenvalue weighted by Gasteiger charge is 2.24. The molecule has 21 heavy (non-hydrogen) atoms. The molecule has 1 aromatic carbocycles. The van der Waals surface area contributed by atoms with Crippen molar-refractivity contribution in [2.45, 2.75) is 6.92 Å². The predicted molar refractivity (Wildman–Crippen MR) is 74.8 cm³/mol. The van der Waals surface area contributed by atoms with E-state index < -0.39 is 0 Å². The molecule has 1 fully saturated rings. The van der Waals surface area contributed by atoms with Crippen LogP contribution < -0.4 is 4.90 Å². The Balaban J connectivity index is 1.69. The summed E-state index contributed by atoms with van der Waals surface area (Å²) < 4.78 is 23.7. The quantitative estimate of drug-likeness (QED) is 0.850. The minimum absolute atomic E-state index is 0.295. The van der Waals surface area contributed by atoms with Gasteiger partial charge in [0.15, 0.2) is 5.58 Å². The van der Waals surface area contributed by atoms with Crippen LogP contribution in [0.15, 0.2) is 22.6 Å². The molecule has 2 heterocycles. The number of carbonyl (C=O) groups is 1. The van der Waals surface area contributed by atoms with Crippen LogP contribution in [-0.2, 0) is 4.74 Å². The van der Waals surface area contributed by atoms with Gasteiger partial charge in [0, 0.05) is 32.2 Å². The third-order valence-corrected chi connectivity index (χ3v) is 3.42. The Labute approximate surface area is 121 Å². The van der Waals surface area contributed by atoms with Crippen molar-refractivity contribution in [3.05, 3.63) is 24.0 Å². The molecule has 1 amide bonds. The van der Waals surface area contributed by atoms with Crippen molar-refractivity contribution in [1.29, 1.82) is 0 Å². The van der Waals surface area contributed by atoms with E-state index in [1.807, 2.05) is 4.90 Å². The molecule has 0 atom stereocenters. The maximum Gasteiger partial charge on any atom is 0.409 e. The van der Waals surface area contributed by atoms with Crippen molar-refractivity contribution in [1.82, 2.24) is 9.88 Å². The molecular weight excluding hydrogens is 277 g/mol. The Bertz CT molecular complexity index is 650. The van der Waals surface area contributed by atoms with E-state index >= 15 is 0 Å². The Hall–Kier alpha value is -2.31. The fourth-order valence-electron chi connectivity index (χ4n) is 2.32. The molecule has 112 valence electrons. The maximum absolute atomic E-state index is 13.1. The number of ether oxygens (including phenoxy) is 1. The number of hydrogen-bond acceptors (Lipinski definition) is 5. The van der Waals surface area contributed by atoms with E-state index in [9.17, 15) is 9.18 Å². The maximum atomic E-state index is 13.1. The van der Waals surface area contributed by atoms with E-state index in [1.54, 1.807) is 17.9 Å². The number of benzene rings is 1. The van der Waals surface area contributed by atoms with Crippen molar-refractivity contribution in [2.75, 3.05) is 37.7 Å². The van der Waals surface area contributed by atoms with Crippen LogP contribution in [0, 0.1) is 5.82 Å². The molecule has 0 spiro atoms. The number of halogens is 1. The molecule has 2 aromatic rings. The molecule has 7 heteroatoms. The summed E-state index contributed by atoms with van der Waals surface area (Å²) in [6.45, 7) is 4.46. The molecule has 1 saturated heterocycles. The van der Waals surface area contributed by atoms with Crippen LogP contribution in [0.4, 0.5) is 15.2 Å². The Morgan fingerprint density at radius 3 is 2.86 bits per heavy atom. The molecule has 0 aliphatic carbocycles. The molecule has 1 aliphatic rings. The Morgan fingerprint density at radius 1 is 1.38 bits per heavy atom. The zero-order valence-electron chi connectivity index (χ0n) is 11.7. The Morgan fingerprint density at radius 2 is 2.14 bits per heavy atom. The monoisotopic (exact) mass is 293 g/mol. The standard InChI is InChI=1S/C14H16FN3O3/c1-2-20-14(19)18-7-5-17(6-8-18)13-16-11-4-3-10(15)9-12(11)21-13/h3-4,9H,2,5-8H2,1H3. The second-order valence-corrected chi connectivity index (χ2v) is 4.78. The zero-order valence-corrected chi connectivity index (χ0v) is 11.7. The fraction of sp³-hybridized carbons (Fsp3) is 0.429. The number of rotatable bonds is 2. The van der Waals surface area contributed by atoms with Gasteiger partial charge in [0.05, 0.1) is 6.61 Å². The summed E-state index contributed by atoms with van der Waals surface area (Å²) in [5, 5.41) is 0. The first kappa shape index (κ1) is 13.7. The van der Waals surface area contributed by atoms with Crippen LogP contribution in [0.2, 0.25) is 0 Å². The molecule has 0 unspecified atom stereocenters. The number of oxazole rings is 1. The minimum atomic E-state index is -0.350.